The maximum absolute atomic E-state index is 12.4. The lowest BCUT2D eigenvalue weighted by atomic mass is 10.1. The van der Waals surface area contributed by atoms with E-state index in [1.54, 1.807) is 5.43 Å². The van der Waals surface area contributed by atoms with Crippen LogP contribution in [0.25, 0.3) is 0 Å². The number of ether oxygens (including phenoxy) is 1. The number of methoxy groups -OCH3 is 1. The number of hydrogen-bond acceptors (Lipinski definition) is 3. The van der Waals surface area contributed by atoms with Gasteiger partial charge in [0.15, 0.2) is 0 Å². The Hall–Kier alpha value is -1.27. The first-order chi connectivity index (χ1) is 6.99. The minimum absolute atomic E-state index is 0.0470. The molecule has 84 valence electrons. The highest BCUT2D eigenvalue weighted by Gasteiger charge is 2.39. The van der Waals surface area contributed by atoms with Crippen molar-refractivity contribution in [2.45, 2.75) is 12.2 Å². The van der Waals surface area contributed by atoms with Crippen LogP contribution < -0.4 is 16.0 Å². The second kappa shape index (κ2) is 4.50. The van der Waals surface area contributed by atoms with Crippen LogP contribution in [0, 0.1) is 0 Å². The number of nitrogens with one attached hydrogen (secondary N) is 1. The average Bonchev–Trinajstić information content (AvgIpc) is 2.18. The molecule has 0 amide bonds. The molecule has 0 saturated heterocycles. The minimum Gasteiger partial charge on any atom is -0.497 e. The van der Waals surface area contributed by atoms with Crippen LogP contribution in [-0.4, -0.2) is 13.3 Å². The second-order valence-corrected chi connectivity index (χ2v) is 2.91. The van der Waals surface area contributed by atoms with E-state index in [-0.39, 0.29) is 5.56 Å². The van der Waals surface area contributed by atoms with Crippen molar-refractivity contribution in [2.75, 3.05) is 7.11 Å². The predicted molar refractivity (Wildman–Crippen MR) is 49.1 cm³/mol. The first kappa shape index (κ1) is 11.8. The zero-order valence-electron chi connectivity index (χ0n) is 8.01. The predicted octanol–water partition coefficient (Wildman–Crippen LogP) is 1.76. The summed E-state index contributed by atoms with van der Waals surface area (Å²) in [5, 5.41) is 0. The standard InChI is InChI=1S/C9H11F3N2O/c1-15-7-4-2-6(3-5-7)8(14-13)9(10,11)12/h2-5,8,14H,13H2,1H3. The summed E-state index contributed by atoms with van der Waals surface area (Å²) in [6.07, 6.45) is -4.41. The lowest BCUT2D eigenvalue weighted by molar-refractivity contribution is -0.157. The molecule has 1 rings (SSSR count). The molecule has 0 aliphatic heterocycles. The molecule has 0 radical (unpaired) electrons. The Bertz CT molecular complexity index is 310. The van der Waals surface area contributed by atoms with E-state index < -0.39 is 12.2 Å². The number of nitrogens with two attached hydrogens (primary N) is 1. The topological polar surface area (TPSA) is 47.3 Å². The summed E-state index contributed by atoms with van der Waals surface area (Å²) in [6, 6.07) is 3.67. The number of alkyl halides is 3. The van der Waals surface area contributed by atoms with E-state index >= 15 is 0 Å². The van der Waals surface area contributed by atoms with Crippen molar-refractivity contribution in [3.8, 4) is 5.75 Å². The normalized spacial score (nSPS) is 13.7. The lowest BCUT2D eigenvalue weighted by Crippen LogP contribution is -2.38. The van der Waals surface area contributed by atoms with Crippen LogP contribution in [0.15, 0.2) is 24.3 Å². The van der Waals surface area contributed by atoms with E-state index in [0.29, 0.717) is 5.75 Å². The molecule has 6 heteroatoms. The summed E-state index contributed by atoms with van der Waals surface area (Å²) in [7, 11) is 1.44. The molecule has 1 atom stereocenters. The summed E-state index contributed by atoms with van der Waals surface area (Å²) in [4.78, 5) is 0. The van der Waals surface area contributed by atoms with Gasteiger partial charge in [-0.3, -0.25) is 5.84 Å². The molecule has 0 spiro atoms. The van der Waals surface area contributed by atoms with E-state index in [2.05, 4.69) is 0 Å². The summed E-state index contributed by atoms with van der Waals surface area (Å²) in [5.74, 6) is 5.36. The molecule has 15 heavy (non-hydrogen) atoms. The molecule has 3 nitrogen and oxygen atoms in total. The summed E-state index contributed by atoms with van der Waals surface area (Å²) >= 11 is 0. The first-order valence-corrected chi connectivity index (χ1v) is 4.16. The molecule has 0 aromatic heterocycles. The molecule has 0 aliphatic carbocycles. The van der Waals surface area contributed by atoms with Gasteiger partial charge in [0.25, 0.3) is 0 Å². The molecule has 1 aromatic rings. The Morgan fingerprint density at radius 3 is 2.13 bits per heavy atom. The Kier molecular flexibility index (Phi) is 3.54. The smallest absolute Gasteiger partial charge is 0.409 e. The van der Waals surface area contributed by atoms with Gasteiger partial charge in [0, 0.05) is 0 Å². The van der Waals surface area contributed by atoms with E-state index in [1.807, 2.05) is 0 Å². The van der Waals surface area contributed by atoms with Crippen molar-refractivity contribution in [3.63, 3.8) is 0 Å². The van der Waals surface area contributed by atoms with Crippen LogP contribution in [0.2, 0.25) is 0 Å². The van der Waals surface area contributed by atoms with Crippen LogP contribution in [0.1, 0.15) is 11.6 Å². The summed E-state index contributed by atoms with van der Waals surface area (Å²) in [5.41, 5.74) is 1.78. The van der Waals surface area contributed by atoms with E-state index in [9.17, 15) is 13.2 Å². The van der Waals surface area contributed by atoms with Gasteiger partial charge in [-0.25, -0.2) is 5.43 Å². The van der Waals surface area contributed by atoms with Crippen molar-refractivity contribution < 1.29 is 17.9 Å². The lowest BCUT2D eigenvalue weighted by Gasteiger charge is -2.19. The van der Waals surface area contributed by atoms with Gasteiger partial charge < -0.3 is 4.74 Å². The highest BCUT2D eigenvalue weighted by molar-refractivity contribution is 5.29. The van der Waals surface area contributed by atoms with Gasteiger partial charge in [-0.1, -0.05) is 12.1 Å². The monoisotopic (exact) mass is 220 g/mol. The van der Waals surface area contributed by atoms with Crippen LogP contribution in [-0.2, 0) is 0 Å². The molecule has 0 heterocycles. The molecule has 0 saturated carbocycles. The van der Waals surface area contributed by atoms with Gasteiger partial charge in [-0.05, 0) is 17.7 Å². The SMILES string of the molecule is COc1ccc(C(NN)C(F)(F)F)cc1. The fourth-order valence-electron chi connectivity index (χ4n) is 1.18. The number of hydrazine groups is 1. The Morgan fingerprint density at radius 1 is 1.27 bits per heavy atom. The maximum Gasteiger partial charge on any atom is 0.409 e. The van der Waals surface area contributed by atoms with E-state index in [0.717, 1.165) is 0 Å². The molecular weight excluding hydrogens is 209 g/mol. The van der Waals surface area contributed by atoms with Crippen molar-refractivity contribution >= 4 is 0 Å². The molecule has 0 bridgehead atoms. The molecule has 0 aliphatic rings. The quantitative estimate of drug-likeness (QED) is 0.602. The molecular formula is C9H11F3N2O. The van der Waals surface area contributed by atoms with Crippen LogP contribution in [0.3, 0.4) is 0 Å². The number of hydrogen-bond donors (Lipinski definition) is 2. The maximum atomic E-state index is 12.4. The fraction of sp³-hybridized carbons (Fsp3) is 0.333. The van der Waals surface area contributed by atoms with Crippen molar-refractivity contribution in [3.05, 3.63) is 29.8 Å². The molecule has 0 fully saturated rings. The van der Waals surface area contributed by atoms with Gasteiger partial charge in [0.2, 0.25) is 0 Å². The summed E-state index contributed by atoms with van der Waals surface area (Å²) < 4.78 is 42.1. The summed E-state index contributed by atoms with van der Waals surface area (Å²) in [6.45, 7) is 0. The third-order valence-electron chi connectivity index (χ3n) is 1.94. The van der Waals surface area contributed by atoms with Gasteiger partial charge in [0.05, 0.1) is 7.11 Å². The fourth-order valence-corrected chi connectivity index (χ4v) is 1.18. The van der Waals surface area contributed by atoms with Crippen LogP contribution in [0.5, 0.6) is 5.75 Å². The minimum atomic E-state index is -4.41. The highest BCUT2D eigenvalue weighted by Crippen LogP contribution is 2.32. The van der Waals surface area contributed by atoms with Crippen molar-refractivity contribution in [1.29, 1.82) is 0 Å². The second-order valence-electron chi connectivity index (χ2n) is 2.91. The third-order valence-corrected chi connectivity index (χ3v) is 1.94. The van der Waals surface area contributed by atoms with Crippen LogP contribution >= 0.6 is 0 Å². The number of benzene rings is 1. The molecule has 1 aromatic carbocycles. The molecule has 3 N–H and O–H groups in total. The number of halogens is 3. The highest BCUT2D eigenvalue weighted by atomic mass is 19.4. The zero-order valence-corrected chi connectivity index (χ0v) is 8.01. The van der Waals surface area contributed by atoms with Gasteiger partial charge >= 0.3 is 6.18 Å². The Morgan fingerprint density at radius 2 is 1.80 bits per heavy atom. The Balaban J connectivity index is 2.93. The third kappa shape index (κ3) is 2.84. The van der Waals surface area contributed by atoms with E-state index in [1.165, 1.54) is 31.4 Å². The Labute approximate surface area is 85.0 Å². The average molecular weight is 220 g/mol. The first-order valence-electron chi connectivity index (χ1n) is 4.16. The van der Waals surface area contributed by atoms with E-state index in [4.69, 9.17) is 10.6 Å². The molecule has 1 unspecified atom stereocenters. The van der Waals surface area contributed by atoms with Gasteiger partial charge in [0.1, 0.15) is 11.8 Å². The van der Waals surface area contributed by atoms with Crippen LogP contribution in [0.4, 0.5) is 13.2 Å². The van der Waals surface area contributed by atoms with Crippen molar-refractivity contribution in [2.24, 2.45) is 5.84 Å². The van der Waals surface area contributed by atoms with Gasteiger partial charge in [-0.15, -0.1) is 0 Å². The van der Waals surface area contributed by atoms with Crippen molar-refractivity contribution in [1.82, 2.24) is 5.43 Å². The van der Waals surface area contributed by atoms with Gasteiger partial charge in [-0.2, -0.15) is 13.2 Å². The number of rotatable bonds is 3. The zero-order chi connectivity index (χ0) is 11.5. The largest absolute Gasteiger partial charge is 0.497 e.